The minimum Gasteiger partial charge on any atom is -0.493 e. The number of methoxy groups -OCH3 is 1. The van der Waals surface area contributed by atoms with Gasteiger partial charge in [0.25, 0.3) is 5.56 Å². The van der Waals surface area contributed by atoms with Gasteiger partial charge in [0.2, 0.25) is 0 Å². The number of thiazole rings is 1. The Balaban J connectivity index is 1.64. The van der Waals surface area contributed by atoms with Gasteiger partial charge < -0.3 is 14.2 Å². The van der Waals surface area contributed by atoms with E-state index in [1.165, 1.54) is 24.5 Å². The van der Waals surface area contributed by atoms with E-state index in [-0.39, 0.29) is 24.6 Å². The van der Waals surface area contributed by atoms with Crippen molar-refractivity contribution in [3.05, 3.63) is 126 Å². The number of halogens is 1. The maximum Gasteiger partial charge on any atom is 0.338 e. The van der Waals surface area contributed by atoms with Crippen LogP contribution >= 0.6 is 11.3 Å². The van der Waals surface area contributed by atoms with E-state index >= 15 is 0 Å². The second kappa shape index (κ2) is 11.9. The number of ether oxygens (including phenoxy) is 3. The molecule has 0 saturated carbocycles. The Morgan fingerprint density at radius 1 is 1.07 bits per heavy atom. The molecule has 0 N–H and O–H groups in total. The first-order chi connectivity index (χ1) is 19.8. The third-order valence-electron chi connectivity index (χ3n) is 6.76. The molecule has 0 aliphatic carbocycles. The Bertz CT molecular complexity index is 1820. The number of aromatic nitrogens is 1. The highest BCUT2D eigenvalue weighted by atomic mass is 32.1. The maximum absolute atomic E-state index is 14.3. The largest absolute Gasteiger partial charge is 0.493 e. The lowest BCUT2D eigenvalue weighted by Gasteiger charge is -2.24. The molecule has 3 aromatic carbocycles. The zero-order chi connectivity index (χ0) is 29.1. The van der Waals surface area contributed by atoms with Gasteiger partial charge in [0.15, 0.2) is 16.3 Å². The standard InChI is InChI=1S/C32H29FN2O5S/c1-5-39-31(37)27-20(3)34-32-35(28(27)21-15-13-19(2)14-16-21)30(36)26(41-32)17-22-10-8-12-25(38-4)29(22)40-18-23-9-6-7-11-24(23)33/h6-17,28H,5,18H2,1-4H3/b26-17-/t28-/m1/s1. The van der Waals surface area contributed by atoms with Crippen molar-refractivity contribution in [3.8, 4) is 11.5 Å². The van der Waals surface area contributed by atoms with Crippen LogP contribution in [0.5, 0.6) is 11.5 Å². The highest BCUT2D eigenvalue weighted by Gasteiger charge is 2.33. The molecule has 2 heterocycles. The quantitative estimate of drug-likeness (QED) is 0.283. The number of fused-ring (bicyclic) bond motifs is 1. The first kappa shape index (κ1) is 28.0. The molecule has 7 nitrogen and oxygen atoms in total. The van der Waals surface area contributed by atoms with Gasteiger partial charge in [-0.05, 0) is 44.5 Å². The maximum atomic E-state index is 14.3. The number of nitrogens with zero attached hydrogens (tertiary/aromatic N) is 2. The lowest BCUT2D eigenvalue weighted by molar-refractivity contribution is -0.139. The van der Waals surface area contributed by atoms with Crippen molar-refractivity contribution in [3.63, 3.8) is 0 Å². The van der Waals surface area contributed by atoms with E-state index in [0.717, 1.165) is 11.1 Å². The molecular weight excluding hydrogens is 543 g/mol. The van der Waals surface area contributed by atoms with Gasteiger partial charge in [-0.25, -0.2) is 14.2 Å². The second-order valence-corrected chi connectivity index (χ2v) is 10.5. The number of para-hydroxylation sites is 1. The number of carbonyl (C=O) groups is 1. The predicted octanol–water partition coefficient (Wildman–Crippen LogP) is 4.83. The monoisotopic (exact) mass is 572 g/mol. The normalized spacial score (nSPS) is 14.9. The molecule has 0 spiro atoms. The van der Waals surface area contributed by atoms with Crippen LogP contribution < -0.4 is 24.4 Å². The van der Waals surface area contributed by atoms with Crippen LogP contribution in [0.3, 0.4) is 0 Å². The summed E-state index contributed by atoms with van der Waals surface area (Å²) in [5.74, 6) is -0.0604. The molecule has 9 heteroatoms. The summed E-state index contributed by atoms with van der Waals surface area (Å²) in [6, 6.07) is 18.7. The summed E-state index contributed by atoms with van der Waals surface area (Å²) < 4.78 is 33.1. The molecule has 0 amide bonds. The van der Waals surface area contributed by atoms with Crippen LogP contribution in [0.25, 0.3) is 6.08 Å². The molecule has 4 aromatic rings. The van der Waals surface area contributed by atoms with Crippen LogP contribution in [0.4, 0.5) is 4.39 Å². The lowest BCUT2D eigenvalue weighted by atomic mass is 9.95. The lowest BCUT2D eigenvalue weighted by Crippen LogP contribution is -2.39. The third-order valence-corrected chi connectivity index (χ3v) is 7.74. The van der Waals surface area contributed by atoms with Crippen molar-refractivity contribution < 1.29 is 23.4 Å². The van der Waals surface area contributed by atoms with Crippen molar-refractivity contribution in [1.29, 1.82) is 0 Å². The van der Waals surface area contributed by atoms with Crippen LogP contribution in [0, 0.1) is 12.7 Å². The highest BCUT2D eigenvalue weighted by molar-refractivity contribution is 7.07. The Morgan fingerprint density at radius 2 is 1.83 bits per heavy atom. The zero-order valence-electron chi connectivity index (χ0n) is 23.1. The molecule has 0 unspecified atom stereocenters. The number of rotatable bonds is 8. The van der Waals surface area contributed by atoms with Gasteiger partial charge in [0.1, 0.15) is 12.4 Å². The fourth-order valence-electron chi connectivity index (χ4n) is 4.72. The molecule has 1 atom stereocenters. The second-order valence-electron chi connectivity index (χ2n) is 9.47. The molecule has 41 heavy (non-hydrogen) atoms. The number of aryl methyl sites for hydroxylation is 1. The molecule has 0 fully saturated rings. The van der Waals surface area contributed by atoms with E-state index in [9.17, 15) is 14.0 Å². The first-order valence-electron chi connectivity index (χ1n) is 13.1. The topological polar surface area (TPSA) is 79.1 Å². The molecule has 1 aromatic heterocycles. The van der Waals surface area contributed by atoms with Crippen molar-refractivity contribution in [2.75, 3.05) is 13.7 Å². The van der Waals surface area contributed by atoms with Crippen molar-refractivity contribution in [1.82, 2.24) is 4.57 Å². The summed E-state index contributed by atoms with van der Waals surface area (Å²) in [5.41, 5.74) is 3.32. The first-order valence-corrected chi connectivity index (χ1v) is 13.9. The molecule has 0 bridgehead atoms. The van der Waals surface area contributed by atoms with Gasteiger partial charge in [-0.15, -0.1) is 0 Å². The van der Waals surface area contributed by atoms with E-state index in [2.05, 4.69) is 4.99 Å². The predicted molar refractivity (Wildman–Crippen MR) is 155 cm³/mol. The third kappa shape index (κ3) is 5.58. The Morgan fingerprint density at radius 3 is 2.54 bits per heavy atom. The summed E-state index contributed by atoms with van der Waals surface area (Å²) >= 11 is 1.21. The summed E-state index contributed by atoms with van der Waals surface area (Å²) in [7, 11) is 1.52. The molecule has 0 radical (unpaired) electrons. The van der Waals surface area contributed by atoms with Gasteiger partial charge in [-0.1, -0.05) is 71.5 Å². The van der Waals surface area contributed by atoms with Crippen molar-refractivity contribution >= 4 is 23.4 Å². The SMILES string of the molecule is CCOC(=O)C1=C(C)N=c2s/c(=C\c3cccc(OC)c3OCc3ccccc3F)c(=O)n2[C@@H]1c1ccc(C)cc1. The molecule has 1 aliphatic rings. The highest BCUT2D eigenvalue weighted by Crippen LogP contribution is 2.33. The molecular formula is C32H29FN2O5S. The van der Waals surface area contributed by atoms with Gasteiger partial charge in [-0.3, -0.25) is 9.36 Å². The molecule has 1 aliphatic heterocycles. The average molecular weight is 573 g/mol. The number of hydrogen-bond donors (Lipinski definition) is 0. The summed E-state index contributed by atoms with van der Waals surface area (Å²) in [5, 5.41) is 0. The number of esters is 1. The Labute approximate surface area is 240 Å². The van der Waals surface area contributed by atoms with Gasteiger partial charge in [0.05, 0.1) is 35.6 Å². The van der Waals surface area contributed by atoms with E-state index < -0.39 is 12.0 Å². The molecule has 210 valence electrons. The molecule has 0 saturated heterocycles. The van der Waals surface area contributed by atoms with E-state index in [4.69, 9.17) is 14.2 Å². The fourth-order valence-corrected chi connectivity index (χ4v) is 5.76. The minimum absolute atomic E-state index is 0.0232. The number of carbonyl (C=O) groups excluding carboxylic acids is 1. The van der Waals surface area contributed by atoms with Crippen LogP contribution in [0.15, 0.2) is 87.8 Å². The fraction of sp³-hybridized carbons (Fsp3) is 0.219. The van der Waals surface area contributed by atoms with Crippen molar-refractivity contribution in [2.24, 2.45) is 4.99 Å². The zero-order valence-corrected chi connectivity index (χ0v) is 24.0. The average Bonchev–Trinajstić information content (AvgIpc) is 3.26. The van der Waals surface area contributed by atoms with Crippen molar-refractivity contribution in [2.45, 2.75) is 33.4 Å². The number of hydrogen-bond acceptors (Lipinski definition) is 7. The Hall–Kier alpha value is -4.50. The number of benzene rings is 3. The van der Waals surface area contributed by atoms with Crippen LogP contribution in [0.1, 0.15) is 42.1 Å². The molecule has 5 rings (SSSR count). The van der Waals surface area contributed by atoms with Gasteiger partial charge in [0, 0.05) is 11.1 Å². The van der Waals surface area contributed by atoms with Gasteiger partial charge in [-0.2, -0.15) is 0 Å². The summed E-state index contributed by atoms with van der Waals surface area (Å²) in [6.45, 7) is 5.64. The number of allylic oxidation sites excluding steroid dienone is 1. The van der Waals surface area contributed by atoms with Crippen LogP contribution in [-0.4, -0.2) is 24.3 Å². The van der Waals surface area contributed by atoms with E-state index in [1.54, 1.807) is 60.9 Å². The minimum atomic E-state index is -0.699. The van der Waals surface area contributed by atoms with E-state index in [1.807, 2.05) is 31.2 Å². The summed E-state index contributed by atoms with van der Waals surface area (Å²) in [4.78, 5) is 32.2. The smallest absolute Gasteiger partial charge is 0.338 e. The Kier molecular flexibility index (Phi) is 8.16. The van der Waals surface area contributed by atoms with E-state index in [0.29, 0.717) is 43.2 Å². The van der Waals surface area contributed by atoms with Crippen LogP contribution in [-0.2, 0) is 16.1 Å². The van der Waals surface area contributed by atoms with Gasteiger partial charge >= 0.3 is 5.97 Å². The van der Waals surface area contributed by atoms with Crippen LogP contribution in [0.2, 0.25) is 0 Å². The summed E-state index contributed by atoms with van der Waals surface area (Å²) in [6.07, 6.45) is 1.71.